The Bertz CT molecular complexity index is 761. The molecule has 2 aliphatic heterocycles. The smallest absolute Gasteiger partial charge is 0.227 e. The molecule has 0 spiro atoms. The van der Waals surface area contributed by atoms with Crippen molar-refractivity contribution in [2.45, 2.75) is 25.4 Å². The van der Waals surface area contributed by atoms with Crippen molar-refractivity contribution in [3.63, 3.8) is 0 Å². The molecule has 0 bridgehead atoms. The number of aromatic nitrogens is 2. The molecule has 2 fully saturated rings. The van der Waals surface area contributed by atoms with Crippen LogP contribution in [0.25, 0.3) is 0 Å². The summed E-state index contributed by atoms with van der Waals surface area (Å²) in [5.41, 5.74) is 8.50. The van der Waals surface area contributed by atoms with Crippen molar-refractivity contribution in [2.24, 2.45) is 5.84 Å². The van der Waals surface area contributed by atoms with E-state index in [-0.39, 0.29) is 6.10 Å². The molecule has 0 amide bonds. The molecule has 0 aliphatic carbocycles. The predicted octanol–water partition coefficient (Wildman–Crippen LogP) is 1.24. The Labute approximate surface area is 153 Å². The molecule has 5 N–H and O–H groups in total. The predicted molar refractivity (Wildman–Crippen MR) is 103 cm³/mol. The Morgan fingerprint density at radius 2 is 1.81 bits per heavy atom. The summed E-state index contributed by atoms with van der Waals surface area (Å²) in [4.78, 5) is 13.1. The first kappa shape index (κ1) is 16.9. The van der Waals surface area contributed by atoms with Gasteiger partial charge in [-0.25, -0.2) is 10.8 Å². The molecular formula is C18H25N7O. The number of hydrazine groups is 1. The Balaban J connectivity index is 1.56. The van der Waals surface area contributed by atoms with E-state index < -0.39 is 0 Å². The second-order valence-corrected chi connectivity index (χ2v) is 6.92. The van der Waals surface area contributed by atoms with Gasteiger partial charge in [-0.3, -0.25) is 5.01 Å². The van der Waals surface area contributed by atoms with Crippen molar-refractivity contribution in [3.05, 3.63) is 30.5 Å². The lowest BCUT2D eigenvalue weighted by atomic mass is 10.2. The third-order valence-electron chi connectivity index (χ3n) is 5.06. The van der Waals surface area contributed by atoms with Gasteiger partial charge in [0.1, 0.15) is 0 Å². The number of nitrogen functional groups attached to an aromatic ring is 1. The number of hydrogen-bond acceptors (Lipinski definition) is 8. The van der Waals surface area contributed by atoms with Crippen LogP contribution in [0.2, 0.25) is 0 Å². The number of benzene rings is 1. The maximum atomic E-state index is 9.73. The highest BCUT2D eigenvalue weighted by Gasteiger charge is 2.24. The van der Waals surface area contributed by atoms with Gasteiger partial charge in [0.05, 0.1) is 23.7 Å². The van der Waals surface area contributed by atoms with Crippen LogP contribution in [0.1, 0.15) is 19.3 Å². The van der Waals surface area contributed by atoms with E-state index in [1.807, 2.05) is 17.0 Å². The normalized spacial score (nSPS) is 20.0. The highest BCUT2D eigenvalue weighted by molar-refractivity contribution is 5.71. The van der Waals surface area contributed by atoms with Crippen LogP contribution in [0.5, 0.6) is 0 Å². The van der Waals surface area contributed by atoms with Crippen LogP contribution in [-0.4, -0.2) is 47.4 Å². The number of aliphatic hydroxyl groups excluding tert-OH is 1. The molecule has 0 saturated carbocycles. The van der Waals surface area contributed by atoms with Gasteiger partial charge in [-0.2, -0.15) is 4.98 Å². The molecule has 8 heteroatoms. The van der Waals surface area contributed by atoms with Gasteiger partial charge < -0.3 is 20.6 Å². The topological polar surface area (TPSA) is 108 Å². The van der Waals surface area contributed by atoms with Gasteiger partial charge in [0.2, 0.25) is 5.95 Å². The number of hydrogen-bond donors (Lipinski definition) is 3. The summed E-state index contributed by atoms with van der Waals surface area (Å²) in [6.07, 6.45) is 4.44. The van der Waals surface area contributed by atoms with Gasteiger partial charge in [-0.1, -0.05) is 0 Å². The maximum Gasteiger partial charge on any atom is 0.227 e. The van der Waals surface area contributed by atoms with Gasteiger partial charge >= 0.3 is 0 Å². The Morgan fingerprint density at radius 3 is 2.46 bits per heavy atom. The van der Waals surface area contributed by atoms with E-state index in [0.29, 0.717) is 30.4 Å². The van der Waals surface area contributed by atoms with E-state index in [9.17, 15) is 5.11 Å². The van der Waals surface area contributed by atoms with E-state index >= 15 is 0 Å². The largest absolute Gasteiger partial charge is 0.394 e. The van der Waals surface area contributed by atoms with E-state index in [1.165, 1.54) is 23.5 Å². The molecule has 1 aromatic heterocycles. The van der Waals surface area contributed by atoms with Crippen LogP contribution in [0, 0.1) is 0 Å². The first-order valence-electron chi connectivity index (χ1n) is 9.07. The average molecular weight is 355 g/mol. The van der Waals surface area contributed by atoms with E-state index in [4.69, 9.17) is 11.6 Å². The molecule has 1 atom stereocenters. The van der Waals surface area contributed by atoms with Gasteiger partial charge in [0, 0.05) is 31.9 Å². The molecule has 2 saturated heterocycles. The summed E-state index contributed by atoms with van der Waals surface area (Å²) in [5, 5.41) is 11.2. The third kappa shape index (κ3) is 3.25. The lowest BCUT2D eigenvalue weighted by Crippen LogP contribution is -2.29. The molecule has 1 aromatic carbocycles. The summed E-state index contributed by atoms with van der Waals surface area (Å²) in [7, 11) is 0. The molecule has 2 aromatic rings. The third-order valence-corrected chi connectivity index (χ3v) is 5.06. The minimum atomic E-state index is -0.341. The number of β-amino-alcohol motifs (C(OH)–C–C–N with tert-alkyl or cyclic N) is 1. The van der Waals surface area contributed by atoms with Crippen molar-refractivity contribution in [3.8, 4) is 0 Å². The van der Waals surface area contributed by atoms with Gasteiger partial charge in [-0.05, 0) is 43.5 Å². The molecule has 2 aliphatic rings. The number of rotatable bonds is 4. The summed E-state index contributed by atoms with van der Waals surface area (Å²) in [6.45, 7) is 3.46. The van der Waals surface area contributed by atoms with Crippen molar-refractivity contribution < 1.29 is 5.11 Å². The fourth-order valence-electron chi connectivity index (χ4n) is 3.56. The zero-order chi connectivity index (χ0) is 18.1. The van der Waals surface area contributed by atoms with E-state index in [2.05, 4.69) is 27.0 Å². The molecular weight excluding hydrogens is 330 g/mol. The van der Waals surface area contributed by atoms with Crippen LogP contribution < -0.4 is 26.4 Å². The number of anilines is 5. The molecule has 138 valence electrons. The fourth-order valence-corrected chi connectivity index (χ4v) is 3.56. The zero-order valence-electron chi connectivity index (χ0n) is 14.8. The average Bonchev–Trinajstić information content (AvgIpc) is 3.34. The van der Waals surface area contributed by atoms with Crippen LogP contribution >= 0.6 is 0 Å². The van der Waals surface area contributed by atoms with Crippen molar-refractivity contribution >= 4 is 28.8 Å². The zero-order valence-corrected chi connectivity index (χ0v) is 14.8. The summed E-state index contributed by atoms with van der Waals surface area (Å²) in [5.74, 6) is 7.30. The lowest BCUT2D eigenvalue weighted by molar-refractivity contribution is 0.198. The Hall–Kier alpha value is -2.58. The molecule has 0 radical (unpaired) electrons. The fraction of sp³-hybridized carbons (Fsp3) is 0.444. The first-order valence-corrected chi connectivity index (χ1v) is 9.07. The van der Waals surface area contributed by atoms with Crippen molar-refractivity contribution in [1.82, 2.24) is 9.97 Å². The van der Waals surface area contributed by atoms with Crippen LogP contribution in [0.15, 0.2) is 30.5 Å². The van der Waals surface area contributed by atoms with Crippen LogP contribution in [0.4, 0.5) is 28.8 Å². The molecule has 3 heterocycles. The summed E-state index contributed by atoms with van der Waals surface area (Å²) in [6, 6.07) is 8.12. The summed E-state index contributed by atoms with van der Waals surface area (Å²) < 4.78 is 0. The first-order chi connectivity index (χ1) is 12.6. The van der Waals surface area contributed by atoms with E-state index in [0.717, 1.165) is 25.3 Å². The highest BCUT2D eigenvalue weighted by Crippen LogP contribution is 2.29. The number of nitrogens with two attached hydrogens (primary N) is 2. The maximum absolute atomic E-state index is 9.73. The monoisotopic (exact) mass is 355 g/mol. The summed E-state index contributed by atoms with van der Waals surface area (Å²) >= 11 is 0. The Kier molecular flexibility index (Phi) is 4.52. The van der Waals surface area contributed by atoms with Gasteiger partial charge in [0.25, 0.3) is 0 Å². The SMILES string of the molecule is Nc1cnc(N2CCC(O)C2)nc1N(N)c1ccc(N2CCCC2)cc1. The quantitative estimate of drug-likeness (QED) is 0.555. The van der Waals surface area contributed by atoms with Gasteiger partial charge in [-0.15, -0.1) is 0 Å². The molecule has 8 nitrogen and oxygen atoms in total. The van der Waals surface area contributed by atoms with Gasteiger partial charge in [0.15, 0.2) is 5.82 Å². The Morgan fingerprint density at radius 1 is 1.08 bits per heavy atom. The van der Waals surface area contributed by atoms with Crippen molar-refractivity contribution in [1.29, 1.82) is 0 Å². The molecule has 4 rings (SSSR count). The van der Waals surface area contributed by atoms with Crippen LogP contribution in [-0.2, 0) is 0 Å². The second-order valence-electron chi connectivity index (χ2n) is 6.92. The minimum Gasteiger partial charge on any atom is -0.394 e. The standard InChI is InChI=1S/C18H25N7O/c19-16-11-21-18(24-10-7-15(26)12-24)22-17(16)25(20)14-5-3-13(4-6-14)23-8-1-2-9-23/h3-6,11,15,26H,1-2,7-10,12,19-20H2. The minimum absolute atomic E-state index is 0.341. The number of nitrogens with zero attached hydrogens (tertiary/aromatic N) is 5. The van der Waals surface area contributed by atoms with Crippen LogP contribution in [0.3, 0.4) is 0 Å². The second kappa shape index (κ2) is 6.97. The van der Waals surface area contributed by atoms with Crippen molar-refractivity contribution in [2.75, 3.05) is 46.7 Å². The number of aliphatic hydroxyl groups is 1. The molecule has 26 heavy (non-hydrogen) atoms. The molecule has 1 unspecified atom stereocenters. The van der Waals surface area contributed by atoms with E-state index in [1.54, 1.807) is 6.20 Å². The highest BCUT2D eigenvalue weighted by atomic mass is 16.3. The lowest BCUT2D eigenvalue weighted by Gasteiger charge is -2.23.